The fourth-order valence-electron chi connectivity index (χ4n) is 4.50. The van der Waals surface area contributed by atoms with Gasteiger partial charge in [-0.05, 0) is 67.3 Å². The predicted molar refractivity (Wildman–Crippen MR) is 157 cm³/mol. The minimum Gasteiger partial charge on any atom is -0.383 e. The van der Waals surface area contributed by atoms with Gasteiger partial charge in [0.2, 0.25) is 0 Å². The molecule has 1 atom stereocenters. The maximum atomic E-state index is 3.64. The predicted octanol–water partition coefficient (Wildman–Crippen LogP) is 10.4. The zero-order valence-corrected chi connectivity index (χ0v) is 23.2. The van der Waals surface area contributed by atoms with Crippen molar-refractivity contribution in [2.75, 3.05) is 16.4 Å². The fourth-order valence-corrected chi connectivity index (χ4v) is 5.52. The second-order valence-corrected chi connectivity index (χ2v) is 11.4. The monoisotopic (exact) mass is 482 g/mol. The Morgan fingerprint density at radius 1 is 0.706 bits per heavy atom. The average molecular weight is 483 g/mol. The first-order valence-corrected chi connectivity index (χ1v) is 15.0. The molecule has 0 spiro atoms. The molecule has 0 fully saturated rings. The second-order valence-electron chi connectivity index (χ2n) is 10.3. The first-order chi connectivity index (χ1) is 16.6. The zero-order chi connectivity index (χ0) is 24.4. The van der Waals surface area contributed by atoms with Crippen LogP contribution in [0, 0.1) is 5.92 Å². The molecule has 2 aromatic rings. The van der Waals surface area contributed by atoms with E-state index in [1.54, 1.807) is 0 Å². The summed E-state index contributed by atoms with van der Waals surface area (Å²) in [6.45, 7) is 9.10. The topological polar surface area (TPSA) is 24.1 Å². The van der Waals surface area contributed by atoms with Crippen LogP contribution in [0.15, 0.2) is 48.5 Å². The number of nitrogens with one attached hydrogen (secondary N) is 2. The highest BCUT2D eigenvalue weighted by Gasteiger charge is 2.06. The lowest BCUT2D eigenvalue weighted by molar-refractivity contribution is 0.540. The van der Waals surface area contributed by atoms with Crippen molar-refractivity contribution in [1.82, 2.24) is 0 Å². The smallest absolute Gasteiger partial charge is 0.0425 e. The minimum absolute atomic E-state index is 0.493. The maximum Gasteiger partial charge on any atom is 0.0425 e. The summed E-state index contributed by atoms with van der Waals surface area (Å²) in [5, 5.41) is 7.25. The van der Waals surface area contributed by atoms with Crippen LogP contribution >= 0.6 is 11.8 Å². The van der Waals surface area contributed by atoms with Crippen molar-refractivity contribution in [3.63, 3.8) is 0 Å². The second kappa shape index (κ2) is 17.8. The van der Waals surface area contributed by atoms with Gasteiger partial charge in [0.25, 0.3) is 0 Å². The molecule has 0 aliphatic carbocycles. The van der Waals surface area contributed by atoms with E-state index in [0.29, 0.717) is 12.0 Å². The zero-order valence-electron chi connectivity index (χ0n) is 22.4. The number of hydrogen-bond donors (Lipinski definition) is 2. The van der Waals surface area contributed by atoms with Crippen molar-refractivity contribution < 1.29 is 0 Å². The molecule has 2 nitrogen and oxygen atoms in total. The van der Waals surface area contributed by atoms with Crippen LogP contribution in [0.4, 0.5) is 17.1 Å². The third kappa shape index (κ3) is 12.7. The number of para-hydroxylation sites is 1. The summed E-state index contributed by atoms with van der Waals surface area (Å²) in [5.74, 6) is 3.05. The van der Waals surface area contributed by atoms with Crippen LogP contribution in [0.25, 0.3) is 0 Å². The summed E-state index contributed by atoms with van der Waals surface area (Å²) in [7, 11) is 0. The van der Waals surface area contributed by atoms with Gasteiger partial charge in [0.05, 0.1) is 0 Å². The van der Waals surface area contributed by atoms with Crippen LogP contribution in [0.5, 0.6) is 0 Å². The normalized spacial score (nSPS) is 12.1. The van der Waals surface area contributed by atoms with Crippen molar-refractivity contribution in [2.45, 2.75) is 110 Å². The van der Waals surface area contributed by atoms with Crippen molar-refractivity contribution in [1.29, 1.82) is 0 Å². The Hall–Kier alpha value is -1.61. The first kappa shape index (κ1) is 28.6. The molecule has 0 bridgehead atoms. The number of unbranched alkanes of at least 4 members (excludes halogenated alkanes) is 9. The molecule has 1 unspecified atom stereocenters. The van der Waals surface area contributed by atoms with Crippen molar-refractivity contribution in [2.24, 2.45) is 5.92 Å². The Morgan fingerprint density at radius 2 is 1.29 bits per heavy atom. The fraction of sp³-hybridized carbons (Fsp3) is 0.613. The van der Waals surface area contributed by atoms with Crippen molar-refractivity contribution in [3.05, 3.63) is 54.1 Å². The Balaban J connectivity index is 1.66. The molecule has 2 N–H and O–H groups in total. The van der Waals surface area contributed by atoms with Crippen molar-refractivity contribution in [3.8, 4) is 0 Å². The molecule has 0 saturated carbocycles. The molecule has 0 heterocycles. The van der Waals surface area contributed by atoms with Crippen molar-refractivity contribution >= 4 is 28.8 Å². The molecule has 0 aliphatic heterocycles. The van der Waals surface area contributed by atoms with E-state index in [9.17, 15) is 0 Å². The van der Waals surface area contributed by atoms with E-state index in [4.69, 9.17) is 0 Å². The average Bonchev–Trinajstić information content (AvgIpc) is 2.81. The quantitative estimate of drug-likeness (QED) is 0.195. The number of anilines is 3. The summed E-state index contributed by atoms with van der Waals surface area (Å²) in [6.07, 6.45) is 15.3. The van der Waals surface area contributed by atoms with E-state index in [2.05, 4.69) is 98.6 Å². The molecule has 34 heavy (non-hydrogen) atoms. The third-order valence-corrected chi connectivity index (χ3v) is 7.41. The van der Waals surface area contributed by atoms with Crippen LogP contribution in [-0.4, -0.2) is 11.8 Å². The summed E-state index contributed by atoms with van der Waals surface area (Å²) < 4.78 is 0. The highest BCUT2D eigenvalue weighted by molar-refractivity contribution is 7.98. The molecular formula is C31H50N2S. The van der Waals surface area contributed by atoms with E-state index >= 15 is 0 Å². The van der Waals surface area contributed by atoms with Gasteiger partial charge in [0.15, 0.2) is 0 Å². The van der Waals surface area contributed by atoms with Gasteiger partial charge >= 0.3 is 0 Å². The van der Waals surface area contributed by atoms with Gasteiger partial charge in [-0.15, -0.1) is 0 Å². The molecule has 3 heteroatoms. The van der Waals surface area contributed by atoms with Gasteiger partial charge in [0.1, 0.15) is 0 Å². The minimum atomic E-state index is 0.493. The van der Waals surface area contributed by atoms with E-state index in [0.717, 1.165) is 11.4 Å². The number of rotatable bonds is 19. The standard InChI is InChI=1S/C31H50N2S/c1-5-6-7-8-9-10-11-12-13-16-23-34-25-28-17-14-15-18-31(28)33-30-21-19-29(20-22-30)32-27(4)24-26(2)3/h14-15,17-22,26-27,32-33H,5-13,16,23-25H2,1-4H3. The lowest BCUT2D eigenvalue weighted by Crippen LogP contribution is -2.17. The van der Waals surface area contributed by atoms with Gasteiger partial charge in [-0.25, -0.2) is 0 Å². The van der Waals surface area contributed by atoms with Crippen LogP contribution in [0.1, 0.15) is 104 Å². The van der Waals surface area contributed by atoms with Crippen LogP contribution in [-0.2, 0) is 5.75 Å². The highest BCUT2D eigenvalue weighted by Crippen LogP contribution is 2.26. The third-order valence-electron chi connectivity index (χ3n) is 6.32. The Bertz CT molecular complexity index is 756. The molecule has 190 valence electrons. The maximum absolute atomic E-state index is 3.64. The number of thioether (sulfide) groups is 1. The molecule has 2 aromatic carbocycles. The summed E-state index contributed by atoms with van der Waals surface area (Å²) in [6, 6.07) is 18.0. The summed E-state index contributed by atoms with van der Waals surface area (Å²) >= 11 is 2.07. The van der Waals surface area contributed by atoms with E-state index < -0.39 is 0 Å². The van der Waals surface area contributed by atoms with E-state index in [-0.39, 0.29) is 0 Å². The first-order valence-electron chi connectivity index (χ1n) is 13.9. The van der Waals surface area contributed by atoms with Gasteiger partial charge in [-0.1, -0.05) is 96.8 Å². The lowest BCUT2D eigenvalue weighted by Gasteiger charge is -2.18. The Morgan fingerprint density at radius 3 is 1.94 bits per heavy atom. The largest absolute Gasteiger partial charge is 0.383 e. The number of hydrogen-bond acceptors (Lipinski definition) is 3. The van der Waals surface area contributed by atoms with Gasteiger partial charge in [0, 0.05) is 28.9 Å². The van der Waals surface area contributed by atoms with Gasteiger partial charge in [-0.3, -0.25) is 0 Å². The summed E-state index contributed by atoms with van der Waals surface area (Å²) in [4.78, 5) is 0. The molecular weight excluding hydrogens is 432 g/mol. The molecule has 0 radical (unpaired) electrons. The Labute approximate surface area is 215 Å². The molecule has 2 rings (SSSR count). The van der Waals surface area contributed by atoms with Gasteiger partial charge < -0.3 is 10.6 Å². The van der Waals surface area contributed by atoms with E-state index in [1.807, 2.05) is 0 Å². The van der Waals surface area contributed by atoms with Crippen LogP contribution < -0.4 is 10.6 Å². The summed E-state index contributed by atoms with van der Waals surface area (Å²) in [5.41, 5.74) is 4.97. The van der Waals surface area contributed by atoms with E-state index in [1.165, 1.54) is 93.3 Å². The Kier molecular flexibility index (Phi) is 15.0. The molecule has 0 saturated heterocycles. The molecule has 0 aliphatic rings. The van der Waals surface area contributed by atoms with Crippen LogP contribution in [0.3, 0.4) is 0 Å². The highest BCUT2D eigenvalue weighted by atomic mass is 32.2. The molecule has 0 aromatic heterocycles. The number of benzene rings is 2. The molecule has 0 amide bonds. The van der Waals surface area contributed by atoms with Gasteiger partial charge in [-0.2, -0.15) is 11.8 Å². The van der Waals surface area contributed by atoms with Crippen LogP contribution in [0.2, 0.25) is 0 Å². The lowest BCUT2D eigenvalue weighted by atomic mass is 10.1. The SMILES string of the molecule is CCCCCCCCCCCCSCc1ccccc1Nc1ccc(NC(C)CC(C)C)cc1.